The van der Waals surface area contributed by atoms with E-state index in [2.05, 4.69) is 15.7 Å². The summed E-state index contributed by atoms with van der Waals surface area (Å²) in [5.74, 6) is 0. The van der Waals surface area contributed by atoms with Gasteiger partial charge in [-0.05, 0) is 12.1 Å². The first kappa shape index (κ1) is 14.6. The summed E-state index contributed by atoms with van der Waals surface area (Å²) in [6, 6.07) is 1.46. The number of alkyl halides is 3. The van der Waals surface area contributed by atoms with E-state index in [1.54, 1.807) is 0 Å². The summed E-state index contributed by atoms with van der Waals surface area (Å²) < 4.78 is 37.3. The van der Waals surface area contributed by atoms with Crippen LogP contribution >= 0.6 is 23.2 Å². The van der Waals surface area contributed by atoms with Crippen LogP contribution < -0.4 is 5.43 Å². The zero-order chi connectivity index (χ0) is 13.8. The molecule has 0 atom stereocenters. The molecular formula is C9H6Cl2F3N3O. The number of halogens is 5. The van der Waals surface area contributed by atoms with Gasteiger partial charge in [0.2, 0.25) is 0 Å². The minimum absolute atomic E-state index is 0.0222. The molecule has 0 radical (unpaired) electrons. The molecule has 0 aliphatic carbocycles. The van der Waals surface area contributed by atoms with Gasteiger partial charge >= 0.3 is 6.18 Å². The number of hydrogen-bond donors (Lipinski definition) is 2. The Labute approximate surface area is 110 Å². The number of benzene rings is 1. The van der Waals surface area contributed by atoms with Crippen LogP contribution in [0.25, 0.3) is 0 Å². The SMILES string of the molecule is O/N=C/C=N/Nc1c(Cl)cc(C(F)(F)F)cc1Cl. The van der Waals surface area contributed by atoms with Crippen LogP contribution in [-0.2, 0) is 6.18 Å². The third kappa shape index (κ3) is 3.78. The molecule has 4 nitrogen and oxygen atoms in total. The molecule has 0 heterocycles. The standard InChI is InChI=1S/C9H6Cl2F3N3O/c10-6-3-5(9(12,13)14)4-7(11)8(6)17-15-1-2-16-18/h1-4,17-18H/b15-1+,16-2+. The second-order valence-electron chi connectivity index (χ2n) is 2.97. The van der Waals surface area contributed by atoms with Crippen molar-refractivity contribution in [2.24, 2.45) is 10.3 Å². The van der Waals surface area contributed by atoms with E-state index in [4.69, 9.17) is 28.4 Å². The van der Waals surface area contributed by atoms with Gasteiger partial charge in [-0.25, -0.2) is 0 Å². The van der Waals surface area contributed by atoms with Crippen molar-refractivity contribution in [1.82, 2.24) is 0 Å². The molecule has 0 saturated heterocycles. The highest BCUT2D eigenvalue weighted by Crippen LogP contribution is 2.38. The average Bonchev–Trinajstić information content (AvgIpc) is 2.25. The van der Waals surface area contributed by atoms with Crippen molar-refractivity contribution in [2.75, 3.05) is 5.43 Å². The predicted molar refractivity (Wildman–Crippen MR) is 63.9 cm³/mol. The summed E-state index contributed by atoms with van der Waals surface area (Å²) in [7, 11) is 0. The monoisotopic (exact) mass is 299 g/mol. The molecule has 0 unspecified atom stereocenters. The first-order valence-electron chi connectivity index (χ1n) is 4.37. The fourth-order valence-corrected chi connectivity index (χ4v) is 1.58. The first-order valence-corrected chi connectivity index (χ1v) is 5.13. The molecule has 1 aromatic rings. The van der Waals surface area contributed by atoms with Crippen LogP contribution in [0.3, 0.4) is 0 Å². The van der Waals surface area contributed by atoms with Gasteiger partial charge in [-0.1, -0.05) is 28.4 Å². The van der Waals surface area contributed by atoms with E-state index in [0.717, 1.165) is 24.6 Å². The van der Waals surface area contributed by atoms with Crippen molar-refractivity contribution in [1.29, 1.82) is 0 Å². The predicted octanol–water partition coefficient (Wildman–Crippen LogP) is 3.87. The van der Waals surface area contributed by atoms with Crippen molar-refractivity contribution in [3.63, 3.8) is 0 Å². The number of hydrogen-bond acceptors (Lipinski definition) is 4. The molecule has 18 heavy (non-hydrogen) atoms. The summed E-state index contributed by atoms with van der Waals surface area (Å²) in [5.41, 5.74) is 1.40. The molecule has 0 aromatic heterocycles. The number of nitrogens with one attached hydrogen (secondary N) is 1. The number of anilines is 1. The highest BCUT2D eigenvalue weighted by molar-refractivity contribution is 6.39. The minimum atomic E-state index is -4.53. The topological polar surface area (TPSA) is 57.0 Å². The van der Waals surface area contributed by atoms with Crippen LogP contribution in [0, 0.1) is 0 Å². The Morgan fingerprint density at radius 1 is 1.17 bits per heavy atom. The normalized spacial score (nSPS) is 12.5. The fraction of sp³-hybridized carbons (Fsp3) is 0.111. The van der Waals surface area contributed by atoms with Gasteiger partial charge in [0.25, 0.3) is 0 Å². The van der Waals surface area contributed by atoms with Crippen LogP contribution in [-0.4, -0.2) is 17.6 Å². The van der Waals surface area contributed by atoms with Gasteiger partial charge in [0.05, 0.1) is 33.7 Å². The van der Waals surface area contributed by atoms with E-state index in [1.807, 2.05) is 0 Å². The quantitative estimate of drug-likeness (QED) is 0.506. The molecule has 0 spiro atoms. The molecular weight excluding hydrogens is 294 g/mol. The van der Waals surface area contributed by atoms with Crippen molar-refractivity contribution >= 4 is 41.3 Å². The van der Waals surface area contributed by atoms with Crippen LogP contribution in [0.1, 0.15) is 5.56 Å². The molecule has 0 amide bonds. The fourth-order valence-electron chi connectivity index (χ4n) is 1.01. The minimum Gasteiger partial charge on any atom is -0.411 e. The third-order valence-corrected chi connectivity index (χ3v) is 2.35. The third-order valence-electron chi connectivity index (χ3n) is 1.75. The van der Waals surface area contributed by atoms with Crippen molar-refractivity contribution in [2.45, 2.75) is 6.18 Å². The Bertz CT molecular complexity index is 465. The summed E-state index contributed by atoms with van der Waals surface area (Å²) in [6.07, 6.45) is -2.53. The summed E-state index contributed by atoms with van der Waals surface area (Å²) in [5, 5.41) is 13.8. The lowest BCUT2D eigenvalue weighted by Gasteiger charge is -2.11. The summed E-state index contributed by atoms with van der Waals surface area (Å²) >= 11 is 11.3. The average molecular weight is 300 g/mol. The Kier molecular flexibility index (Phi) is 4.80. The van der Waals surface area contributed by atoms with Crippen LogP contribution in [0.4, 0.5) is 18.9 Å². The maximum Gasteiger partial charge on any atom is 0.416 e. The Balaban J connectivity index is 3.02. The van der Waals surface area contributed by atoms with Crippen LogP contribution in [0.15, 0.2) is 22.4 Å². The lowest BCUT2D eigenvalue weighted by Crippen LogP contribution is -2.05. The van der Waals surface area contributed by atoms with Gasteiger partial charge in [-0.2, -0.15) is 18.3 Å². The lowest BCUT2D eigenvalue weighted by molar-refractivity contribution is -0.137. The zero-order valence-corrected chi connectivity index (χ0v) is 10.1. The largest absolute Gasteiger partial charge is 0.416 e. The van der Waals surface area contributed by atoms with E-state index in [1.165, 1.54) is 0 Å². The van der Waals surface area contributed by atoms with Gasteiger partial charge in [0.1, 0.15) is 0 Å². The van der Waals surface area contributed by atoms with Crippen molar-refractivity contribution in [3.05, 3.63) is 27.7 Å². The highest BCUT2D eigenvalue weighted by atomic mass is 35.5. The van der Waals surface area contributed by atoms with Crippen LogP contribution in [0.5, 0.6) is 0 Å². The zero-order valence-electron chi connectivity index (χ0n) is 8.54. The molecule has 9 heteroatoms. The molecule has 98 valence electrons. The van der Waals surface area contributed by atoms with Gasteiger partial charge in [0.15, 0.2) is 0 Å². The molecule has 1 aromatic carbocycles. The second-order valence-corrected chi connectivity index (χ2v) is 3.78. The van der Waals surface area contributed by atoms with E-state index in [9.17, 15) is 13.2 Å². The van der Waals surface area contributed by atoms with Crippen LogP contribution in [0.2, 0.25) is 10.0 Å². The number of nitrogens with zero attached hydrogens (tertiary/aromatic N) is 2. The van der Waals surface area contributed by atoms with Gasteiger partial charge in [0, 0.05) is 0 Å². The van der Waals surface area contributed by atoms with E-state index >= 15 is 0 Å². The number of hydrazone groups is 1. The smallest absolute Gasteiger partial charge is 0.411 e. The maximum absolute atomic E-state index is 12.4. The molecule has 0 bridgehead atoms. The van der Waals surface area contributed by atoms with E-state index in [-0.39, 0.29) is 15.7 Å². The molecule has 2 N–H and O–H groups in total. The van der Waals surface area contributed by atoms with E-state index < -0.39 is 11.7 Å². The lowest BCUT2D eigenvalue weighted by atomic mass is 10.2. The number of oxime groups is 1. The molecule has 0 aliphatic heterocycles. The molecule has 0 fully saturated rings. The summed E-state index contributed by atoms with van der Waals surface area (Å²) in [4.78, 5) is 0. The summed E-state index contributed by atoms with van der Waals surface area (Å²) in [6.45, 7) is 0. The van der Waals surface area contributed by atoms with Crippen molar-refractivity contribution < 1.29 is 18.4 Å². The van der Waals surface area contributed by atoms with E-state index in [0.29, 0.717) is 0 Å². The number of rotatable bonds is 3. The maximum atomic E-state index is 12.4. The Morgan fingerprint density at radius 3 is 2.17 bits per heavy atom. The van der Waals surface area contributed by atoms with Gasteiger partial charge in [-0.15, -0.1) is 0 Å². The van der Waals surface area contributed by atoms with Crippen molar-refractivity contribution in [3.8, 4) is 0 Å². The van der Waals surface area contributed by atoms with Gasteiger partial charge < -0.3 is 5.21 Å². The first-order chi connectivity index (χ1) is 8.36. The molecule has 1 rings (SSSR count). The molecule has 0 saturated carbocycles. The van der Waals surface area contributed by atoms with Gasteiger partial charge in [-0.3, -0.25) is 5.43 Å². The second kappa shape index (κ2) is 5.92. The highest BCUT2D eigenvalue weighted by Gasteiger charge is 2.31. The Morgan fingerprint density at radius 2 is 1.72 bits per heavy atom. The Hall–Kier alpha value is -1.47. The molecule has 0 aliphatic rings.